The summed E-state index contributed by atoms with van der Waals surface area (Å²) in [5.41, 5.74) is 0.453. The monoisotopic (exact) mass is 226 g/mol. The van der Waals surface area contributed by atoms with Crippen LogP contribution in [0.5, 0.6) is 5.75 Å². The van der Waals surface area contributed by atoms with E-state index in [4.69, 9.17) is 21.1 Å². The summed E-state index contributed by atoms with van der Waals surface area (Å²) in [7, 11) is 1.56. The van der Waals surface area contributed by atoms with Gasteiger partial charge in [-0.2, -0.15) is 0 Å². The number of carbonyl (C=O) groups is 1. The van der Waals surface area contributed by atoms with Gasteiger partial charge in [0.2, 0.25) is 0 Å². The molecule has 3 nitrogen and oxygen atoms in total. The molecule has 0 fully saturated rings. The van der Waals surface area contributed by atoms with Gasteiger partial charge in [-0.15, -0.1) is 0 Å². The number of rotatable bonds is 4. The molecule has 0 saturated heterocycles. The highest BCUT2D eigenvalue weighted by atomic mass is 35.5. The van der Waals surface area contributed by atoms with Crippen LogP contribution in [0.1, 0.15) is 10.4 Å². The molecule has 4 heteroatoms. The highest BCUT2D eigenvalue weighted by molar-refractivity contribution is 6.29. The van der Waals surface area contributed by atoms with Crippen LogP contribution in [0.4, 0.5) is 0 Å². The van der Waals surface area contributed by atoms with Gasteiger partial charge in [0.25, 0.3) is 0 Å². The molecule has 1 aromatic carbocycles. The number of halogens is 1. The third-order valence-corrected chi connectivity index (χ3v) is 1.79. The average molecular weight is 227 g/mol. The topological polar surface area (TPSA) is 35.5 Å². The van der Waals surface area contributed by atoms with Gasteiger partial charge in [0, 0.05) is 5.03 Å². The van der Waals surface area contributed by atoms with E-state index in [0.29, 0.717) is 11.3 Å². The molecule has 0 spiro atoms. The summed E-state index contributed by atoms with van der Waals surface area (Å²) in [5, 5.41) is 0.289. The molecule has 0 aliphatic rings. The third-order valence-electron chi connectivity index (χ3n) is 1.69. The molecule has 0 heterocycles. The van der Waals surface area contributed by atoms with E-state index in [1.54, 1.807) is 31.4 Å². The molecule has 1 aromatic rings. The Morgan fingerprint density at radius 3 is 2.47 bits per heavy atom. The highest BCUT2D eigenvalue weighted by Crippen LogP contribution is 2.12. The van der Waals surface area contributed by atoms with Crippen molar-refractivity contribution in [3.8, 4) is 5.75 Å². The second-order valence-electron chi connectivity index (χ2n) is 2.82. The first kappa shape index (κ1) is 11.6. The second kappa shape index (κ2) is 5.41. The number of carbonyl (C=O) groups excluding carboxylic acids is 1. The molecule has 0 unspecified atom stereocenters. The van der Waals surface area contributed by atoms with Gasteiger partial charge in [-0.05, 0) is 24.3 Å². The maximum absolute atomic E-state index is 11.4. The van der Waals surface area contributed by atoms with E-state index in [1.165, 1.54) is 0 Å². The number of methoxy groups -OCH3 is 1. The number of ether oxygens (including phenoxy) is 2. The zero-order valence-electron chi connectivity index (χ0n) is 8.33. The molecular formula is C11H11ClO3. The Morgan fingerprint density at radius 2 is 2.00 bits per heavy atom. The van der Waals surface area contributed by atoms with Crippen LogP contribution >= 0.6 is 11.6 Å². The minimum Gasteiger partial charge on any atom is -0.497 e. The average Bonchev–Trinajstić information content (AvgIpc) is 2.26. The maximum Gasteiger partial charge on any atom is 0.338 e. The minimum absolute atomic E-state index is 0.0203. The van der Waals surface area contributed by atoms with E-state index in [1.807, 2.05) is 0 Å². The first-order valence-corrected chi connectivity index (χ1v) is 4.65. The maximum atomic E-state index is 11.4. The fourth-order valence-electron chi connectivity index (χ4n) is 0.954. The van der Waals surface area contributed by atoms with Gasteiger partial charge in [0.15, 0.2) is 0 Å². The largest absolute Gasteiger partial charge is 0.497 e. The Kier molecular flexibility index (Phi) is 4.18. The van der Waals surface area contributed by atoms with Crippen LogP contribution in [0.15, 0.2) is 35.9 Å². The quantitative estimate of drug-likeness (QED) is 0.741. The van der Waals surface area contributed by atoms with E-state index in [2.05, 4.69) is 6.58 Å². The van der Waals surface area contributed by atoms with Crippen molar-refractivity contribution in [2.24, 2.45) is 0 Å². The Hall–Kier alpha value is -1.48. The lowest BCUT2D eigenvalue weighted by Crippen LogP contribution is -2.06. The standard InChI is InChI=1S/C11H11ClO3/c1-8(12)7-15-11(13)9-3-5-10(14-2)6-4-9/h3-6H,1,7H2,2H3. The van der Waals surface area contributed by atoms with Crippen molar-refractivity contribution in [2.75, 3.05) is 13.7 Å². The first-order chi connectivity index (χ1) is 7.13. The van der Waals surface area contributed by atoms with Crippen molar-refractivity contribution in [1.82, 2.24) is 0 Å². The lowest BCUT2D eigenvalue weighted by atomic mass is 10.2. The zero-order chi connectivity index (χ0) is 11.3. The SMILES string of the molecule is C=C(Cl)COC(=O)c1ccc(OC)cc1. The van der Waals surface area contributed by atoms with Gasteiger partial charge in [0.05, 0.1) is 12.7 Å². The van der Waals surface area contributed by atoms with Gasteiger partial charge in [0.1, 0.15) is 12.4 Å². The van der Waals surface area contributed by atoms with E-state index in [9.17, 15) is 4.79 Å². The molecule has 0 radical (unpaired) electrons. The summed E-state index contributed by atoms with van der Waals surface area (Å²) < 4.78 is 9.81. The van der Waals surface area contributed by atoms with E-state index in [0.717, 1.165) is 0 Å². The number of benzene rings is 1. The van der Waals surface area contributed by atoms with E-state index < -0.39 is 5.97 Å². The summed E-state index contributed by atoms with van der Waals surface area (Å²) in [6, 6.07) is 6.62. The smallest absolute Gasteiger partial charge is 0.338 e. The Bertz CT molecular complexity index is 357. The summed E-state index contributed by atoms with van der Waals surface area (Å²) >= 11 is 5.47. The molecule has 0 amide bonds. The molecule has 80 valence electrons. The van der Waals surface area contributed by atoms with Gasteiger partial charge >= 0.3 is 5.97 Å². The predicted octanol–water partition coefficient (Wildman–Crippen LogP) is 2.60. The van der Waals surface area contributed by atoms with Crippen LogP contribution in [0.3, 0.4) is 0 Å². The summed E-state index contributed by atoms with van der Waals surface area (Å²) in [6.45, 7) is 3.44. The molecule has 0 N–H and O–H groups in total. The van der Waals surface area contributed by atoms with Crippen molar-refractivity contribution in [3.05, 3.63) is 41.4 Å². The van der Waals surface area contributed by atoms with Crippen LogP contribution in [-0.2, 0) is 4.74 Å². The van der Waals surface area contributed by atoms with Crippen LogP contribution < -0.4 is 4.74 Å². The van der Waals surface area contributed by atoms with Gasteiger partial charge in [-0.3, -0.25) is 0 Å². The van der Waals surface area contributed by atoms with Crippen molar-refractivity contribution < 1.29 is 14.3 Å². The second-order valence-corrected chi connectivity index (χ2v) is 3.36. The van der Waals surface area contributed by atoms with E-state index in [-0.39, 0.29) is 11.6 Å². The van der Waals surface area contributed by atoms with Crippen LogP contribution in [0.2, 0.25) is 0 Å². The molecule has 0 saturated carbocycles. The molecule has 0 aliphatic heterocycles. The van der Waals surface area contributed by atoms with Crippen molar-refractivity contribution in [3.63, 3.8) is 0 Å². The van der Waals surface area contributed by atoms with Crippen molar-refractivity contribution in [2.45, 2.75) is 0 Å². The predicted molar refractivity (Wildman–Crippen MR) is 58.3 cm³/mol. The fourth-order valence-corrected chi connectivity index (χ4v) is 1.01. The Morgan fingerprint density at radius 1 is 1.40 bits per heavy atom. The molecule has 0 aliphatic carbocycles. The molecule has 0 atom stereocenters. The van der Waals surface area contributed by atoms with E-state index >= 15 is 0 Å². The highest BCUT2D eigenvalue weighted by Gasteiger charge is 2.06. The lowest BCUT2D eigenvalue weighted by molar-refractivity contribution is 0.0546. The third kappa shape index (κ3) is 3.64. The number of esters is 1. The molecular weight excluding hydrogens is 216 g/mol. The molecule has 0 bridgehead atoms. The van der Waals surface area contributed by atoms with Gasteiger partial charge < -0.3 is 9.47 Å². The van der Waals surface area contributed by atoms with Crippen molar-refractivity contribution >= 4 is 17.6 Å². The van der Waals surface area contributed by atoms with Gasteiger partial charge in [-0.1, -0.05) is 18.2 Å². The lowest BCUT2D eigenvalue weighted by Gasteiger charge is -2.04. The zero-order valence-corrected chi connectivity index (χ0v) is 9.08. The number of hydrogen-bond donors (Lipinski definition) is 0. The normalized spacial score (nSPS) is 9.47. The fraction of sp³-hybridized carbons (Fsp3) is 0.182. The van der Waals surface area contributed by atoms with Crippen LogP contribution in [0, 0.1) is 0 Å². The molecule has 15 heavy (non-hydrogen) atoms. The molecule has 0 aromatic heterocycles. The Balaban J connectivity index is 2.62. The Labute approximate surface area is 93.3 Å². The minimum atomic E-state index is -0.431. The van der Waals surface area contributed by atoms with Crippen molar-refractivity contribution in [1.29, 1.82) is 0 Å². The van der Waals surface area contributed by atoms with Crippen LogP contribution in [-0.4, -0.2) is 19.7 Å². The summed E-state index contributed by atoms with van der Waals surface area (Å²) in [4.78, 5) is 11.4. The molecule has 1 rings (SSSR count). The number of hydrogen-bond acceptors (Lipinski definition) is 3. The van der Waals surface area contributed by atoms with Gasteiger partial charge in [-0.25, -0.2) is 4.79 Å². The summed E-state index contributed by atoms with van der Waals surface area (Å²) in [5.74, 6) is 0.257. The van der Waals surface area contributed by atoms with Crippen LogP contribution in [0.25, 0.3) is 0 Å². The summed E-state index contributed by atoms with van der Waals surface area (Å²) in [6.07, 6.45) is 0. The first-order valence-electron chi connectivity index (χ1n) is 4.28.